The van der Waals surface area contributed by atoms with E-state index in [9.17, 15) is 9.59 Å². The van der Waals surface area contributed by atoms with Gasteiger partial charge < -0.3 is 10.2 Å². The van der Waals surface area contributed by atoms with Crippen LogP contribution in [-0.4, -0.2) is 28.2 Å². The van der Waals surface area contributed by atoms with Gasteiger partial charge in [0.15, 0.2) is 0 Å². The molecule has 0 saturated heterocycles. The third kappa shape index (κ3) is 4.64. The van der Waals surface area contributed by atoms with Crippen LogP contribution in [0, 0.1) is 0 Å². The number of carboxylic acid groups (broad SMARTS) is 2. The molecule has 0 aliphatic carbocycles. The summed E-state index contributed by atoms with van der Waals surface area (Å²) < 4.78 is 0. The average Bonchev–Trinajstić information content (AvgIpc) is 1.96. The van der Waals surface area contributed by atoms with Crippen LogP contribution in [0.2, 0.25) is 0 Å². The maximum absolute atomic E-state index is 10.3. The van der Waals surface area contributed by atoms with E-state index in [0.717, 1.165) is 0 Å². The van der Waals surface area contributed by atoms with Gasteiger partial charge in [-0.25, -0.2) is 5.43 Å². The summed E-state index contributed by atoms with van der Waals surface area (Å²) >= 11 is 0. The molecule has 12 heavy (non-hydrogen) atoms. The zero-order chi connectivity index (χ0) is 9.56. The molecule has 0 rings (SSSR count). The van der Waals surface area contributed by atoms with E-state index < -0.39 is 18.0 Å². The van der Waals surface area contributed by atoms with E-state index in [2.05, 4.69) is 5.43 Å². The Morgan fingerprint density at radius 2 is 2.00 bits per heavy atom. The Hall–Kier alpha value is -1.14. The van der Waals surface area contributed by atoms with Gasteiger partial charge in [0.2, 0.25) is 0 Å². The highest BCUT2D eigenvalue weighted by atomic mass is 16.4. The van der Waals surface area contributed by atoms with E-state index in [1.54, 1.807) is 0 Å². The van der Waals surface area contributed by atoms with Gasteiger partial charge in [-0.1, -0.05) is 0 Å². The summed E-state index contributed by atoms with van der Waals surface area (Å²) in [6.45, 7) is 0. The van der Waals surface area contributed by atoms with Gasteiger partial charge in [0.25, 0.3) is 0 Å². The van der Waals surface area contributed by atoms with Crippen molar-refractivity contribution >= 4 is 11.9 Å². The molecule has 0 aliphatic rings. The Kier molecular flexibility index (Phi) is 4.98. The lowest BCUT2D eigenvalue weighted by Crippen LogP contribution is -2.41. The van der Waals surface area contributed by atoms with Gasteiger partial charge in [0.1, 0.15) is 6.04 Å². The SMILES string of the molecule is NNC(CCCC(=O)O)C(=O)O. The van der Waals surface area contributed by atoms with Gasteiger partial charge in [-0.15, -0.1) is 0 Å². The van der Waals surface area contributed by atoms with Gasteiger partial charge in [0.05, 0.1) is 0 Å². The summed E-state index contributed by atoms with van der Waals surface area (Å²) in [6.07, 6.45) is 0.486. The molecule has 1 atom stereocenters. The molecule has 6 heteroatoms. The number of nitrogens with two attached hydrogens (primary N) is 1. The van der Waals surface area contributed by atoms with Crippen LogP contribution in [0.3, 0.4) is 0 Å². The first kappa shape index (κ1) is 10.9. The van der Waals surface area contributed by atoms with Crippen LogP contribution in [0.5, 0.6) is 0 Å². The first-order chi connectivity index (χ1) is 5.57. The fraction of sp³-hybridized carbons (Fsp3) is 0.667. The molecule has 0 fully saturated rings. The lowest BCUT2D eigenvalue weighted by molar-refractivity contribution is -0.141. The maximum Gasteiger partial charge on any atom is 0.322 e. The molecular formula is C6H12N2O4. The van der Waals surface area contributed by atoms with E-state index in [0.29, 0.717) is 6.42 Å². The molecule has 0 radical (unpaired) electrons. The van der Waals surface area contributed by atoms with E-state index in [1.807, 2.05) is 0 Å². The number of hydrogen-bond donors (Lipinski definition) is 4. The lowest BCUT2D eigenvalue weighted by atomic mass is 10.1. The van der Waals surface area contributed by atoms with Crippen LogP contribution < -0.4 is 11.3 Å². The summed E-state index contributed by atoms with van der Waals surface area (Å²) in [4.78, 5) is 20.4. The molecule has 0 spiro atoms. The van der Waals surface area contributed by atoms with Crippen LogP contribution in [0.1, 0.15) is 19.3 Å². The Balaban J connectivity index is 3.59. The third-order valence-electron chi connectivity index (χ3n) is 1.38. The van der Waals surface area contributed by atoms with Crippen molar-refractivity contribution in [1.82, 2.24) is 5.43 Å². The van der Waals surface area contributed by atoms with E-state index >= 15 is 0 Å². The first-order valence-electron chi connectivity index (χ1n) is 3.48. The Bertz CT molecular complexity index is 171. The highest BCUT2D eigenvalue weighted by molar-refractivity contribution is 5.73. The Morgan fingerprint density at radius 1 is 1.42 bits per heavy atom. The number of carboxylic acids is 2. The standard InChI is InChI=1S/C6H12N2O4/c7-8-4(6(11)12)2-1-3-5(9)10/h4,8H,1-3,7H2,(H,9,10)(H,11,12). The normalized spacial score (nSPS) is 12.4. The minimum absolute atomic E-state index is 0.0362. The fourth-order valence-electron chi connectivity index (χ4n) is 0.736. The molecule has 5 N–H and O–H groups in total. The van der Waals surface area contributed by atoms with Gasteiger partial charge in [0, 0.05) is 6.42 Å². The molecule has 1 unspecified atom stereocenters. The maximum atomic E-state index is 10.3. The molecule has 0 aliphatic heterocycles. The van der Waals surface area contributed by atoms with Crippen molar-refractivity contribution in [2.45, 2.75) is 25.3 Å². The topological polar surface area (TPSA) is 113 Å². The minimum Gasteiger partial charge on any atom is -0.481 e. The summed E-state index contributed by atoms with van der Waals surface area (Å²) in [5.74, 6) is 2.91. The van der Waals surface area contributed by atoms with Crippen LogP contribution in [0.25, 0.3) is 0 Å². The lowest BCUT2D eigenvalue weighted by Gasteiger charge is -2.08. The number of hydrazine groups is 1. The predicted molar refractivity (Wildman–Crippen MR) is 40.2 cm³/mol. The van der Waals surface area contributed by atoms with Gasteiger partial charge in [-0.05, 0) is 12.8 Å². The minimum atomic E-state index is -1.07. The second-order valence-corrected chi connectivity index (χ2v) is 2.34. The van der Waals surface area contributed by atoms with Crippen LogP contribution in [-0.2, 0) is 9.59 Å². The highest BCUT2D eigenvalue weighted by Crippen LogP contribution is 2.00. The van der Waals surface area contributed by atoms with E-state index in [-0.39, 0.29) is 12.8 Å². The monoisotopic (exact) mass is 176 g/mol. The van der Waals surface area contributed by atoms with Crippen LogP contribution >= 0.6 is 0 Å². The summed E-state index contributed by atoms with van der Waals surface area (Å²) in [6, 6.07) is -0.857. The van der Waals surface area contributed by atoms with Crippen molar-refractivity contribution in [3.63, 3.8) is 0 Å². The summed E-state index contributed by atoms with van der Waals surface area (Å²) in [5, 5.41) is 16.7. The molecule has 70 valence electrons. The molecule has 0 aromatic rings. The molecule has 0 saturated carbocycles. The van der Waals surface area contributed by atoms with Crippen molar-refractivity contribution < 1.29 is 19.8 Å². The zero-order valence-corrected chi connectivity index (χ0v) is 6.49. The summed E-state index contributed by atoms with van der Waals surface area (Å²) in [7, 11) is 0. The molecule has 0 bridgehead atoms. The third-order valence-corrected chi connectivity index (χ3v) is 1.38. The molecule has 6 nitrogen and oxygen atoms in total. The van der Waals surface area contributed by atoms with Crippen molar-refractivity contribution in [2.75, 3.05) is 0 Å². The van der Waals surface area contributed by atoms with E-state index in [1.165, 1.54) is 0 Å². The number of hydrogen-bond acceptors (Lipinski definition) is 4. The van der Waals surface area contributed by atoms with Gasteiger partial charge in [-0.3, -0.25) is 15.4 Å². The highest BCUT2D eigenvalue weighted by Gasteiger charge is 2.14. The number of aliphatic carboxylic acids is 2. The molecule has 0 aromatic carbocycles. The second kappa shape index (κ2) is 5.50. The zero-order valence-electron chi connectivity index (χ0n) is 6.49. The number of rotatable bonds is 6. The fourth-order valence-corrected chi connectivity index (χ4v) is 0.736. The predicted octanol–water partition coefficient (Wildman–Crippen LogP) is -0.842. The van der Waals surface area contributed by atoms with Crippen molar-refractivity contribution in [2.24, 2.45) is 5.84 Å². The Labute approximate surface area is 69.3 Å². The van der Waals surface area contributed by atoms with Crippen molar-refractivity contribution in [3.8, 4) is 0 Å². The smallest absolute Gasteiger partial charge is 0.322 e. The molecular weight excluding hydrogens is 164 g/mol. The average molecular weight is 176 g/mol. The van der Waals surface area contributed by atoms with Crippen LogP contribution in [0.15, 0.2) is 0 Å². The summed E-state index contributed by atoms with van der Waals surface area (Å²) in [5.41, 5.74) is 2.08. The van der Waals surface area contributed by atoms with Gasteiger partial charge >= 0.3 is 11.9 Å². The first-order valence-corrected chi connectivity index (χ1v) is 3.48. The second-order valence-electron chi connectivity index (χ2n) is 2.34. The van der Waals surface area contributed by atoms with Crippen LogP contribution in [0.4, 0.5) is 0 Å². The molecule has 0 amide bonds. The molecule has 0 aromatic heterocycles. The molecule has 0 heterocycles. The number of carbonyl (C=O) groups is 2. The largest absolute Gasteiger partial charge is 0.481 e. The quantitative estimate of drug-likeness (QED) is 0.310. The Morgan fingerprint density at radius 3 is 2.33 bits per heavy atom. The number of nitrogens with one attached hydrogen (secondary N) is 1. The van der Waals surface area contributed by atoms with Gasteiger partial charge in [-0.2, -0.15) is 0 Å². The van der Waals surface area contributed by atoms with E-state index in [4.69, 9.17) is 16.1 Å². The van der Waals surface area contributed by atoms with Crippen molar-refractivity contribution in [3.05, 3.63) is 0 Å². The van der Waals surface area contributed by atoms with Crippen molar-refractivity contribution in [1.29, 1.82) is 0 Å².